The average molecular weight is 247 g/mol. The number of aldehydes is 1. The zero-order chi connectivity index (χ0) is 13.0. The maximum absolute atomic E-state index is 10.5. The smallest absolute Gasteiger partial charge is 0.150 e. The molecule has 2 rings (SSSR count). The van der Waals surface area contributed by atoms with Crippen molar-refractivity contribution in [2.75, 3.05) is 19.7 Å². The van der Waals surface area contributed by atoms with Gasteiger partial charge in [-0.3, -0.25) is 9.69 Å². The minimum Gasteiger partial charge on any atom is -0.492 e. The second kappa shape index (κ2) is 6.01. The minimum absolute atomic E-state index is 0.445. The molecule has 0 N–H and O–H groups in total. The van der Waals surface area contributed by atoms with E-state index in [9.17, 15) is 4.79 Å². The molecule has 0 radical (unpaired) electrons. The van der Waals surface area contributed by atoms with Crippen molar-refractivity contribution in [2.45, 2.75) is 26.3 Å². The fourth-order valence-electron chi connectivity index (χ4n) is 2.33. The lowest BCUT2D eigenvalue weighted by Crippen LogP contribution is -2.35. The molecule has 1 aromatic rings. The summed E-state index contributed by atoms with van der Waals surface area (Å²) in [4.78, 5) is 13.0. The van der Waals surface area contributed by atoms with Crippen LogP contribution in [0, 0.1) is 5.92 Å². The maximum Gasteiger partial charge on any atom is 0.150 e. The van der Waals surface area contributed by atoms with E-state index >= 15 is 0 Å². The highest BCUT2D eigenvalue weighted by Crippen LogP contribution is 2.18. The van der Waals surface area contributed by atoms with E-state index in [0.717, 1.165) is 18.0 Å². The van der Waals surface area contributed by atoms with Crippen molar-refractivity contribution in [1.82, 2.24) is 4.90 Å². The van der Waals surface area contributed by atoms with Gasteiger partial charge in [0, 0.05) is 18.2 Å². The minimum atomic E-state index is 0.445. The summed E-state index contributed by atoms with van der Waals surface area (Å²) in [5, 5.41) is 0. The Balaban J connectivity index is 1.81. The van der Waals surface area contributed by atoms with Crippen LogP contribution >= 0.6 is 0 Å². The molecule has 0 bridgehead atoms. The van der Waals surface area contributed by atoms with Crippen LogP contribution in [0.4, 0.5) is 0 Å². The Morgan fingerprint density at radius 1 is 1.44 bits per heavy atom. The van der Waals surface area contributed by atoms with Crippen LogP contribution in [0.5, 0.6) is 5.75 Å². The van der Waals surface area contributed by atoms with E-state index in [1.165, 1.54) is 19.5 Å². The Morgan fingerprint density at radius 2 is 2.17 bits per heavy atom. The molecule has 1 fully saturated rings. The van der Waals surface area contributed by atoms with E-state index in [1.807, 2.05) is 12.1 Å². The number of carbonyl (C=O) groups excluding carboxylic acids is 1. The number of carbonyl (C=O) groups is 1. The highest BCUT2D eigenvalue weighted by atomic mass is 16.5. The summed E-state index contributed by atoms with van der Waals surface area (Å²) in [5.74, 6) is 1.64. The summed E-state index contributed by atoms with van der Waals surface area (Å²) in [7, 11) is 0. The monoisotopic (exact) mass is 247 g/mol. The predicted molar refractivity (Wildman–Crippen MR) is 72.1 cm³/mol. The van der Waals surface area contributed by atoms with Gasteiger partial charge in [-0.15, -0.1) is 0 Å². The van der Waals surface area contributed by atoms with Crippen LogP contribution in [-0.2, 0) is 0 Å². The van der Waals surface area contributed by atoms with Gasteiger partial charge in [-0.1, -0.05) is 6.92 Å². The predicted octanol–water partition coefficient (Wildman–Crippen LogP) is 2.61. The topological polar surface area (TPSA) is 29.5 Å². The molecule has 3 heteroatoms. The Morgan fingerprint density at radius 3 is 2.72 bits per heavy atom. The molecule has 18 heavy (non-hydrogen) atoms. The number of rotatable bonds is 5. The van der Waals surface area contributed by atoms with Gasteiger partial charge in [0.25, 0.3) is 0 Å². The summed E-state index contributed by atoms with van der Waals surface area (Å²) in [6.45, 7) is 7.56. The van der Waals surface area contributed by atoms with Crippen LogP contribution in [-0.4, -0.2) is 36.9 Å². The molecular formula is C15H21NO2. The van der Waals surface area contributed by atoms with Gasteiger partial charge < -0.3 is 4.74 Å². The molecule has 98 valence electrons. The average Bonchev–Trinajstić information content (AvgIpc) is 2.83. The number of hydrogen-bond donors (Lipinski definition) is 0. The van der Waals surface area contributed by atoms with Crippen LogP contribution in [0.15, 0.2) is 24.3 Å². The number of hydrogen-bond acceptors (Lipinski definition) is 3. The zero-order valence-electron chi connectivity index (χ0n) is 11.1. The second-order valence-corrected chi connectivity index (χ2v) is 5.24. The molecule has 0 spiro atoms. The van der Waals surface area contributed by atoms with Gasteiger partial charge in [0.15, 0.2) is 0 Å². The van der Waals surface area contributed by atoms with E-state index in [-0.39, 0.29) is 0 Å². The lowest BCUT2D eigenvalue weighted by atomic mass is 10.2. The van der Waals surface area contributed by atoms with E-state index in [1.54, 1.807) is 12.1 Å². The highest BCUT2D eigenvalue weighted by molar-refractivity contribution is 5.74. The lowest BCUT2D eigenvalue weighted by molar-refractivity contribution is 0.112. The fourth-order valence-corrected chi connectivity index (χ4v) is 2.33. The summed E-state index contributed by atoms with van der Waals surface area (Å²) in [5.41, 5.74) is 0.684. The Hall–Kier alpha value is -1.35. The summed E-state index contributed by atoms with van der Waals surface area (Å²) >= 11 is 0. The fraction of sp³-hybridized carbons (Fsp3) is 0.533. The largest absolute Gasteiger partial charge is 0.492 e. The molecule has 0 amide bonds. The molecule has 1 aliphatic rings. The Labute approximate surface area is 109 Å². The maximum atomic E-state index is 10.5. The molecule has 1 heterocycles. The van der Waals surface area contributed by atoms with Gasteiger partial charge in [0.2, 0.25) is 0 Å². The van der Waals surface area contributed by atoms with Crippen LogP contribution in [0.25, 0.3) is 0 Å². The third-order valence-corrected chi connectivity index (χ3v) is 3.59. The van der Waals surface area contributed by atoms with Gasteiger partial charge in [-0.25, -0.2) is 0 Å². The van der Waals surface area contributed by atoms with Gasteiger partial charge in [-0.2, -0.15) is 0 Å². The van der Waals surface area contributed by atoms with Crippen molar-refractivity contribution in [2.24, 2.45) is 5.92 Å². The molecular weight excluding hydrogens is 226 g/mol. The van der Waals surface area contributed by atoms with Crippen LogP contribution < -0.4 is 4.74 Å². The molecule has 3 nitrogen and oxygen atoms in total. The molecule has 0 aromatic heterocycles. The van der Waals surface area contributed by atoms with E-state index < -0.39 is 0 Å². The molecule has 1 aromatic carbocycles. The van der Waals surface area contributed by atoms with E-state index in [0.29, 0.717) is 18.2 Å². The van der Waals surface area contributed by atoms with Crippen molar-refractivity contribution >= 4 is 6.29 Å². The van der Waals surface area contributed by atoms with Gasteiger partial charge in [0.1, 0.15) is 18.6 Å². The van der Waals surface area contributed by atoms with Crippen molar-refractivity contribution in [1.29, 1.82) is 0 Å². The van der Waals surface area contributed by atoms with Crippen LogP contribution in [0.3, 0.4) is 0 Å². The van der Waals surface area contributed by atoms with Gasteiger partial charge >= 0.3 is 0 Å². The first kappa shape index (κ1) is 13.1. The van der Waals surface area contributed by atoms with E-state index in [2.05, 4.69) is 18.7 Å². The van der Waals surface area contributed by atoms with Crippen LogP contribution in [0.1, 0.15) is 30.6 Å². The number of likely N-dealkylation sites (tertiary alicyclic amines) is 1. The van der Waals surface area contributed by atoms with Crippen molar-refractivity contribution < 1.29 is 9.53 Å². The zero-order valence-corrected chi connectivity index (χ0v) is 11.1. The molecule has 0 saturated carbocycles. The van der Waals surface area contributed by atoms with Crippen molar-refractivity contribution in [3.8, 4) is 5.75 Å². The van der Waals surface area contributed by atoms with E-state index in [4.69, 9.17) is 4.74 Å². The first-order valence-corrected chi connectivity index (χ1v) is 6.61. The summed E-state index contributed by atoms with van der Waals surface area (Å²) in [6.07, 6.45) is 2.14. The molecule has 1 aliphatic heterocycles. The summed E-state index contributed by atoms with van der Waals surface area (Å²) in [6, 6.07) is 7.71. The molecule has 1 saturated heterocycles. The third-order valence-electron chi connectivity index (χ3n) is 3.59. The van der Waals surface area contributed by atoms with Gasteiger partial charge in [0.05, 0.1) is 0 Å². The number of benzene rings is 1. The first-order valence-electron chi connectivity index (χ1n) is 6.61. The van der Waals surface area contributed by atoms with Crippen molar-refractivity contribution in [3.05, 3.63) is 29.8 Å². The third kappa shape index (κ3) is 3.33. The second-order valence-electron chi connectivity index (χ2n) is 5.24. The first-order chi connectivity index (χ1) is 8.69. The van der Waals surface area contributed by atoms with Gasteiger partial charge in [-0.05, 0) is 50.1 Å². The normalized spacial score (nSPS) is 21.8. The SMILES string of the molecule is CC(COc1ccc(C=O)cc1)N1CC[C@@H](C)C1. The van der Waals surface area contributed by atoms with Crippen LogP contribution in [0.2, 0.25) is 0 Å². The standard InChI is InChI=1S/C15H21NO2/c1-12-7-8-16(9-12)13(2)11-18-15-5-3-14(10-17)4-6-15/h3-6,10,12-13H,7-9,11H2,1-2H3/t12-,13?/m1/s1. The molecule has 0 aliphatic carbocycles. The molecule has 1 unspecified atom stereocenters. The summed E-state index contributed by atoms with van der Waals surface area (Å²) < 4.78 is 5.76. The number of nitrogens with zero attached hydrogens (tertiary/aromatic N) is 1. The molecule has 2 atom stereocenters. The van der Waals surface area contributed by atoms with Crippen molar-refractivity contribution in [3.63, 3.8) is 0 Å². The Kier molecular flexibility index (Phi) is 4.37. The quantitative estimate of drug-likeness (QED) is 0.749. The highest BCUT2D eigenvalue weighted by Gasteiger charge is 2.23. The Bertz CT molecular complexity index is 388. The lowest BCUT2D eigenvalue weighted by Gasteiger charge is -2.24. The number of ether oxygens (including phenoxy) is 1.